The third kappa shape index (κ3) is 5.40. The summed E-state index contributed by atoms with van der Waals surface area (Å²) in [6.07, 6.45) is 0. The number of methoxy groups -OCH3 is 1. The Labute approximate surface area is 181 Å². The van der Waals surface area contributed by atoms with Crippen LogP contribution >= 0.6 is 0 Å². The fourth-order valence-electron chi connectivity index (χ4n) is 3.04. The highest BCUT2D eigenvalue weighted by atomic mass is 32.2. The van der Waals surface area contributed by atoms with Gasteiger partial charge in [-0.15, -0.1) is 0 Å². The van der Waals surface area contributed by atoms with Crippen molar-refractivity contribution in [2.75, 3.05) is 18.0 Å². The van der Waals surface area contributed by atoms with Crippen molar-refractivity contribution in [2.45, 2.75) is 17.9 Å². The summed E-state index contributed by atoms with van der Waals surface area (Å²) >= 11 is 0. The molecule has 0 saturated carbocycles. The second kappa shape index (κ2) is 9.61. The van der Waals surface area contributed by atoms with Crippen LogP contribution in [0, 0.1) is 5.82 Å². The first-order valence-corrected chi connectivity index (χ1v) is 11.0. The molecule has 1 amide bonds. The third-order valence-electron chi connectivity index (χ3n) is 4.73. The minimum Gasteiger partial charge on any atom is -0.497 e. The molecule has 0 fully saturated rings. The average Bonchev–Trinajstić information content (AvgIpc) is 2.78. The molecule has 0 aromatic heterocycles. The van der Waals surface area contributed by atoms with Crippen LogP contribution < -0.4 is 14.4 Å². The number of amides is 1. The van der Waals surface area contributed by atoms with Gasteiger partial charge in [0.05, 0.1) is 23.7 Å². The van der Waals surface area contributed by atoms with Crippen LogP contribution in [0.3, 0.4) is 0 Å². The second-order valence-electron chi connectivity index (χ2n) is 6.86. The molecule has 31 heavy (non-hydrogen) atoms. The number of benzene rings is 3. The van der Waals surface area contributed by atoms with E-state index in [0.717, 1.165) is 22.0 Å². The molecule has 0 radical (unpaired) electrons. The van der Waals surface area contributed by atoms with E-state index in [1.807, 2.05) is 37.3 Å². The van der Waals surface area contributed by atoms with Crippen LogP contribution in [-0.4, -0.2) is 28.0 Å². The molecule has 0 saturated heterocycles. The van der Waals surface area contributed by atoms with E-state index in [9.17, 15) is 17.6 Å². The predicted octanol–water partition coefficient (Wildman–Crippen LogP) is 3.91. The molecule has 3 aromatic carbocycles. The zero-order valence-electron chi connectivity index (χ0n) is 17.2. The van der Waals surface area contributed by atoms with E-state index in [1.54, 1.807) is 24.3 Å². The van der Waals surface area contributed by atoms with Gasteiger partial charge in [0.15, 0.2) is 0 Å². The molecule has 0 spiro atoms. The summed E-state index contributed by atoms with van der Waals surface area (Å²) in [6.45, 7) is 1.38. The van der Waals surface area contributed by atoms with Crippen LogP contribution in [0.1, 0.15) is 18.5 Å². The minimum absolute atomic E-state index is 0.117. The second-order valence-corrected chi connectivity index (χ2v) is 8.73. The molecule has 0 aliphatic rings. The molecule has 6 nitrogen and oxygen atoms in total. The van der Waals surface area contributed by atoms with Gasteiger partial charge in [0.25, 0.3) is 10.0 Å². The van der Waals surface area contributed by atoms with Gasteiger partial charge in [-0.05, 0) is 61.0 Å². The van der Waals surface area contributed by atoms with Crippen LogP contribution in [0.4, 0.5) is 10.1 Å². The number of sulfonamides is 1. The average molecular weight is 443 g/mol. The number of ether oxygens (including phenoxy) is 1. The molecule has 3 aromatic rings. The van der Waals surface area contributed by atoms with Crippen LogP contribution in [-0.2, 0) is 14.8 Å². The normalized spacial score (nSPS) is 12.1. The summed E-state index contributed by atoms with van der Waals surface area (Å²) in [7, 11) is -2.62. The fourth-order valence-corrected chi connectivity index (χ4v) is 4.46. The van der Waals surface area contributed by atoms with E-state index < -0.39 is 28.3 Å². The van der Waals surface area contributed by atoms with E-state index in [2.05, 4.69) is 5.32 Å². The Kier molecular flexibility index (Phi) is 6.91. The summed E-state index contributed by atoms with van der Waals surface area (Å²) in [5.74, 6) is -0.479. The van der Waals surface area contributed by atoms with E-state index in [-0.39, 0.29) is 16.6 Å². The Morgan fingerprint density at radius 3 is 2.19 bits per heavy atom. The summed E-state index contributed by atoms with van der Waals surface area (Å²) in [4.78, 5) is 12.6. The van der Waals surface area contributed by atoms with Crippen molar-refractivity contribution in [1.29, 1.82) is 0 Å². The predicted molar refractivity (Wildman–Crippen MR) is 117 cm³/mol. The van der Waals surface area contributed by atoms with Gasteiger partial charge in [-0.25, -0.2) is 12.8 Å². The van der Waals surface area contributed by atoms with Crippen molar-refractivity contribution in [3.05, 3.63) is 90.2 Å². The quantitative estimate of drug-likeness (QED) is 0.574. The van der Waals surface area contributed by atoms with Crippen LogP contribution in [0.5, 0.6) is 5.75 Å². The highest BCUT2D eigenvalue weighted by Gasteiger charge is 2.28. The highest BCUT2D eigenvalue weighted by Crippen LogP contribution is 2.26. The molecule has 0 aliphatic carbocycles. The van der Waals surface area contributed by atoms with E-state index >= 15 is 0 Å². The molecule has 0 heterocycles. The van der Waals surface area contributed by atoms with Crippen LogP contribution in [0.25, 0.3) is 0 Å². The Bertz CT molecular complexity index is 1120. The lowest BCUT2D eigenvalue weighted by Gasteiger charge is -2.25. The first-order valence-electron chi connectivity index (χ1n) is 9.58. The molecule has 0 bridgehead atoms. The van der Waals surface area contributed by atoms with Crippen molar-refractivity contribution >= 4 is 21.6 Å². The highest BCUT2D eigenvalue weighted by molar-refractivity contribution is 7.92. The molecule has 0 aliphatic heterocycles. The minimum atomic E-state index is -4.12. The summed E-state index contributed by atoms with van der Waals surface area (Å²) < 4.78 is 46.0. The number of anilines is 1. The van der Waals surface area contributed by atoms with Crippen molar-refractivity contribution in [3.8, 4) is 5.75 Å². The molecule has 0 unspecified atom stereocenters. The lowest BCUT2D eigenvalue weighted by Crippen LogP contribution is -2.41. The SMILES string of the molecule is COc1ccc(N(CC(=O)N[C@@H](C)c2ccccc2)S(=O)(=O)c2ccc(F)cc2)cc1. The van der Waals surface area contributed by atoms with Crippen LogP contribution in [0.15, 0.2) is 83.8 Å². The number of nitrogens with zero attached hydrogens (tertiary/aromatic N) is 1. The Hall–Kier alpha value is -3.39. The first kappa shape index (κ1) is 22.3. The number of nitrogens with one attached hydrogen (secondary N) is 1. The molecular formula is C23H23FN2O4S. The number of hydrogen-bond acceptors (Lipinski definition) is 4. The third-order valence-corrected chi connectivity index (χ3v) is 6.51. The molecule has 1 atom stereocenters. The summed E-state index contributed by atoms with van der Waals surface area (Å²) in [6, 6.07) is 19.8. The lowest BCUT2D eigenvalue weighted by atomic mass is 10.1. The molecule has 8 heteroatoms. The maximum atomic E-state index is 13.3. The summed E-state index contributed by atoms with van der Waals surface area (Å²) in [5.41, 5.74) is 1.18. The number of carbonyl (C=O) groups excluding carboxylic acids is 1. The monoisotopic (exact) mass is 442 g/mol. The lowest BCUT2D eigenvalue weighted by molar-refractivity contribution is -0.120. The van der Waals surface area contributed by atoms with Crippen molar-refractivity contribution in [3.63, 3.8) is 0 Å². The van der Waals surface area contributed by atoms with Gasteiger partial charge >= 0.3 is 0 Å². The van der Waals surface area contributed by atoms with Gasteiger partial charge in [-0.3, -0.25) is 9.10 Å². The van der Waals surface area contributed by atoms with E-state index in [4.69, 9.17) is 4.74 Å². The zero-order chi connectivity index (χ0) is 22.4. The largest absolute Gasteiger partial charge is 0.497 e. The maximum absolute atomic E-state index is 13.3. The zero-order valence-corrected chi connectivity index (χ0v) is 18.0. The molecule has 162 valence electrons. The molecule has 3 rings (SSSR count). The summed E-state index contributed by atoms with van der Waals surface area (Å²) in [5, 5.41) is 2.82. The Morgan fingerprint density at radius 2 is 1.61 bits per heavy atom. The van der Waals surface area contributed by atoms with Crippen molar-refractivity contribution in [1.82, 2.24) is 5.32 Å². The fraction of sp³-hybridized carbons (Fsp3) is 0.174. The van der Waals surface area contributed by atoms with E-state index in [0.29, 0.717) is 5.75 Å². The Balaban J connectivity index is 1.90. The number of rotatable bonds is 8. The van der Waals surface area contributed by atoms with Gasteiger partial charge in [0.1, 0.15) is 18.1 Å². The number of halogens is 1. The van der Waals surface area contributed by atoms with Crippen molar-refractivity contribution in [2.24, 2.45) is 0 Å². The van der Waals surface area contributed by atoms with Gasteiger partial charge in [0, 0.05) is 0 Å². The van der Waals surface area contributed by atoms with Gasteiger partial charge in [-0.2, -0.15) is 0 Å². The van der Waals surface area contributed by atoms with Gasteiger partial charge in [0.2, 0.25) is 5.91 Å². The number of hydrogen-bond donors (Lipinski definition) is 1. The Morgan fingerprint density at radius 1 is 1.00 bits per heavy atom. The molecule has 1 N–H and O–H groups in total. The smallest absolute Gasteiger partial charge is 0.264 e. The van der Waals surface area contributed by atoms with Crippen molar-refractivity contribution < 1.29 is 22.3 Å². The van der Waals surface area contributed by atoms with Gasteiger partial charge < -0.3 is 10.1 Å². The van der Waals surface area contributed by atoms with Gasteiger partial charge in [-0.1, -0.05) is 30.3 Å². The maximum Gasteiger partial charge on any atom is 0.264 e. The first-order chi connectivity index (χ1) is 14.8. The standard InChI is InChI=1S/C23H23FN2O4S/c1-17(18-6-4-3-5-7-18)25-23(27)16-26(20-10-12-21(30-2)13-11-20)31(28,29)22-14-8-19(24)9-15-22/h3-15,17H,16H2,1-2H3,(H,25,27)/t17-/m0/s1. The molecular weight excluding hydrogens is 419 g/mol. The number of carbonyl (C=O) groups is 1. The topological polar surface area (TPSA) is 75.7 Å². The van der Waals surface area contributed by atoms with Crippen LogP contribution in [0.2, 0.25) is 0 Å². The van der Waals surface area contributed by atoms with E-state index in [1.165, 1.54) is 19.2 Å².